The molecule has 7 heteroatoms. The van der Waals surface area contributed by atoms with Crippen molar-refractivity contribution in [3.05, 3.63) is 35.1 Å². The topological polar surface area (TPSA) is 109 Å². The Labute approximate surface area is 108 Å². The smallest absolute Gasteiger partial charge is 0.326 e. The molecule has 1 aromatic rings. The van der Waals surface area contributed by atoms with Crippen molar-refractivity contribution in [3.63, 3.8) is 0 Å². The Balaban J connectivity index is 2.84. The van der Waals surface area contributed by atoms with E-state index in [2.05, 4.69) is 5.32 Å². The van der Waals surface area contributed by atoms with Crippen molar-refractivity contribution in [1.29, 1.82) is 0 Å². The molecule has 102 valence electrons. The van der Waals surface area contributed by atoms with Crippen molar-refractivity contribution in [1.82, 2.24) is 5.32 Å². The van der Waals surface area contributed by atoms with Crippen LogP contribution in [-0.4, -0.2) is 28.9 Å². The number of halogens is 1. The number of nitrogens with two attached hydrogens (primary N) is 1. The Bertz CT molecular complexity index is 530. The third kappa shape index (κ3) is 4.06. The zero-order valence-corrected chi connectivity index (χ0v) is 10.1. The van der Waals surface area contributed by atoms with E-state index in [1.54, 1.807) is 0 Å². The highest BCUT2D eigenvalue weighted by atomic mass is 19.1. The van der Waals surface area contributed by atoms with Crippen LogP contribution >= 0.6 is 0 Å². The van der Waals surface area contributed by atoms with Gasteiger partial charge in [0.25, 0.3) is 5.91 Å². The van der Waals surface area contributed by atoms with E-state index in [-0.39, 0.29) is 5.56 Å². The van der Waals surface area contributed by atoms with Crippen LogP contribution in [0.3, 0.4) is 0 Å². The molecule has 0 aromatic heterocycles. The number of carboxylic acids is 1. The van der Waals surface area contributed by atoms with Gasteiger partial charge in [-0.3, -0.25) is 9.59 Å². The van der Waals surface area contributed by atoms with Crippen molar-refractivity contribution in [2.45, 2.75) is 19.4 Å². The summed E-state index contributed by atoms with van der Waals surface area (Å²) in [4.78, 5) is 33.2. The van der Waals surface area contributed by atoms with Crippen LogP contribution in [0.15, 0.2) is 18.2 Å². The van der Waals surface area contributed by atoms with Gasteiger partial charge in [0, 0.05) is 5.56 Å². The second kappa shape index (κ2) is 5.94. The van der Waals surface area contributed by atoms with E-state index in [0.717, 1.165) is 6.07 Å². The van der Waals surface area contributed by atoms with Crippen LogP contribution in [-0.2, 0) is 9.59 Å². The van der Waals surface area contributed by atoms with Crippen molar-refractivity contribution < 1.29 is 23.9 Å². The summed E-state index contributed by atoms with van der Waals surface area (Å²) in [7, 11) is 0. The van der Waals surface area contributed by atoms with Gasteiger partial charge in [-0.25, -0.2) is 9.18 Å². The summed E-state index contributed by atoms with van der Waals surface area (Å²) >= 11 is 0. The minimum absolute atomic E-state index is 0.0289. The minimum Gasteiger partial charge on any atom is -0.480 e. The number of carbonyl (C=O) groups excluding carboxylic acids is 2. The van der Waals surface area contributed by atoms with Gasteiger partial charge in [-0.2, -0.15) is 0 Å². The molecule has 6 nitrogen and oxygen atoms in total. The van der Waals surface area contributed by atoms with E-state index in [1.165, 1.54) is 19.1 Å². The quantitative estimate of drug-likeness (QED) is 0.708. The molecule has 0 spiro atoms. The van der Waals surface area contributed by atoms with Gasteiger partial charge in [0.1, 0.15) is 11.9 Å². The summed E-state index contributed by atoms with van der Waals surface area (Å²) in [5.74, 6) is -3.61. The van der Waals surface area contributed by atoms with Crippen LogP contribution in [0.2, 0.25) is 0 Å². The highest BCUT2D eigenvalue weighted by Crippen LogP contribution is 2.09. The number of rotatable bonds is 5. The van der Waals surface area contributed by atoms with E-state index in [9.17, 15) is 18.8 Å². The molecule has 0 bridgehead atoms. The molecule has 19 heavy (non-hydrogen) atoms. The molecule has 0 heterocycles. The summed E-state index contributed by atoms with van der Waals surface area (Å²) < 4.78 is 13.3. The molecule has 0 unspecified atom stereocenters. The Morgan fingerprint density at radius 3 is 2.53 bits per heavy atom. The average molecular weight is 268 g/mol. The number of carbonyl (C=O) groups is 3. The van der Waals surface area contributed by atoms with Crippen LogP contribution in [0, 0.1) is 12.7 Å². The molecule has 0 saturated carbocycles. The van der Waals surface area contributed by atoms with Crippen LogP contribution in [0.4, 0.5) is 4.39 Å². The van der Waals surface area contributed by atoms with Crippen molar-refractivity contribution in [2.24, 2.45) is 5.73 Å². The van der Waals surface area contributed by atoms with Gasteiger partial charge in [-0.15, -0.1) is 0 Å². The first-order valence-electron chi connectivity index (χ1n) is 5.39. The fraction of sp³-hybridized carbons (Fsp3) is 0.250. The maximum atomic E-state index is 13.3. The Hall–Kier alpha value is -2.44. The van der Waals surface area contributed by atoms with Gasteiger partial charge < -0.3 is 16.2 Å². The predicted molar refractivity (Wildman–Crippen MR) is 63.8 cm³/mol. The first-order valence-corrected chi connectivity index (χ1v) is 5.39. The Morgan fingerprint density at radius 1 is 1.42 bits per heavy atom. The van der Waals surface area contributed by atoms with Crippen LogP contribution in [0.1, 0.15) is 22.3 Å². The molecule has 1 aromatic carbocycles. The van der Waals surface area contributed by atoms with Crippen molar-refractivity contribution in [3.8, 4) is 0 Å². The zero-order chi connectivity index (χ0) is 14.6. The van der Waals surface area contributed by atoms with Gasteiger partial charge in [0.05, 0.1) is 6.42 Å². The highest BCUT2D eigenvalue weighted by Gasteiger charge is 2.22. The van der Waals surface area contributed by atoms with E-state index in [4.69, 9.17) is 10.8 Å². The van der Waals surface area contributed by atoms with Gasteiger partial charge >= 0.3 is 5.97 Å². The van der Waals surface area contributed by atoms with E-state index in [0.29, 0.717) is 5.56 Å². The molecule has 0 fully saturated rings. The number of hydrogen-bond acceptors (Lipinski definition) is 3. The van der Waals surface area contributed by atoms with E-state index >= 15 is 0 Å². The Morgan fingerprint density at radius 2 is 2.05 bits per heavy atom. The van der Waals surface area contributed by atoms with Gasteiger partial charge in [-0.1, -0.05) is 6.07 Å². The second-order valence-corrected chi connectivity index (χ2v) is 4.00. The average Bonchev–Trinajstić information content (AvgIpc) is 2.31. The molecule has 4 N–H and O–H groups in total. The van der Waals surface area contributed by atoms with E-state index < -0.39 is 36.1 Å². The van der Waals surface area contributed by atoms with E-state index in [1.807, 2.05) is 0 Å². The maximum absolute atomic E-state index is 13.3. The van der Waals surface area contributed by atoms with Crippen molar-refractivity contribution in [2.75, 3.05) is 0 Å². The highest BCUT2D eigenvalue weighted by molar-refractivity contribution is 5.97. The third-order valence-electron chi connectivity index (χ3n) is 2.44. The number of aliphatic carboxylic acids is 1. The van der Waals surface area contributed by atoms with Gasteiger partial charge in [-0.05, 0) is 24.6 Å². The normalized spacial score (nSPS) is 11.7. The first kappa shape index (κ1) is 14.6. The fourth-order valence-corrected chi connectivity index (χ4v) is 1.38. The molecule has 1 rings (SSSR count). The summed E-state index contributed by atoms with van der Waals surface area (Å²) in [6.07, 6.45) is -0.532. The number of aryl methyl sites for hydroxylation is 1. The minimum atomic E-state index is -1.44. The Kier molecular flexibility index (Phi) is 4.57. The lowest BCUT2D eigenvalue weighted by Gasteiger charge is -2.13. The summed E-state index contributed by atoms with van der Waals surface area (Å²) in [5.41, 5.74) is 5.21. The van der Waals surface area contributed by atoms with Crippen LogP contribution < -0.4 is 11.1 Å². The lowest BCUT2D eigenvalue weighted by molar-refractivity contribution is -0.140. The molecular formula is C12H13FN2O4. The monoisotopic (exact) mass is 268 g/mol. The SMILES string of the molecule is Cc1ccc(C(=O)N[C@H](CC(N)=O)C(=O)O)cc1F. The molecule has 0 radical (unpaired) electrons. The number of hydrogen-bond donors (Lipinski definition) is 3. The molecule has 0 aliphatic rings. The molecule has 0 aliphatic heterocycles. The lowest BCUT2D eigenvalue weighted by Crippen LogP contribution is -2.43. The van der Waals surface area contributed by atoms with Gasteiger partial charge in [0.2, 0.25) is 5.91 Å². The largest absolute Gasteiger partial charge is 0.480 e. The molecule has 0 saturated heterocycles. The van der Waals surface area contributed by atoms with Crippen molar-refractivity contribution >= 4 is 17.8 Å². The summed E-state index contributed by atoms with van der Waals surface area (Å²) in [6.45, 7) is 1.53. The number of primary amides is 1. The third-order valence-corrected chi connectivity index (χ3v) is 2.44. The first-order chi connectivity index (χ1) is 8.81. The van der Waals surface area contributed by atoms with Crippen LogP contribution in [0.25, 0.3) is 0 Å². The summed E-state index contributed by atoms with van der Waals surface area (Å²) in [6, 6.07) is 2.31. The zero-order valence-electron chi connectivity index (χ0n) is 10.1. The number of amides is 2. The number of nitrogens with one attached hydrogen (secondary N) is 1. The van der Waals surface area contributed by atoms with Crippen LogP contribution in [0.5, 0.6) is 0 Å². The molecule has 0 aliphatic carbocycles. The lowest BCUT2D eigenvalue weighted by atomic mass is 10.1. The molecule has 1 atom stereocenters. The molecular weight excluding hydrogens is 255 g/mol. The number of benzene rings is 1. The fourth-order valence-electron chi connectivity index (χ4n) is 1.38. The second-order valence-electron chi connectivity index (χ2n) is 4.00. The predicted octanol–water partition coefficient (Wildman–Crippen LogP) is 0.193. The maximum Gasteiger partial charge on any atom is 0.326 e. The molecule has 2 amide bonds. The summed E-state index contributed by atoms with van der Waals surface area (Å²) in [5, 5.41) is 10.9. The van der Waals surface area contributed by atoms with Gasteiger partial charge in [0.15, 0.2) is 0 Å². The standard InChI is InChI=1S/C12H13FN2O4/c1-6-2-3-7(4-8(6)13)11(17)15-9(12(18)19)5-10(14)16/h2-4,9H,5H2,1H3,(H2,14,16)(H,15,17)(H,18,19)/t9-/m1/s1. The number of carboxylic acid groups (broad SMARTS) is 1.